The summed E-state index contributed by atoms with van der Waals surface area (Å²) in [5.74, 6) is 1.90. The van der Waals surface area contributed by atoms with Crippen molar-refractivity contribution in [1.29, 1.82) is 0 Å². The van der Waals surface area contributed by atoms with Gasteiger partial charge in [0.1, 0.15) is 0 Å². The monoisotopic (exact) mass is 326 g/mol. The van der Waals surface area contributed by atoms with E-state index in [2.05, 4.69) is 24.3 Å². The Labute approximate surface area is 141 Å². The molecule has 0 aliphatic carbocycles. The highest BCUT2D eigenvalue weighted by Crippen LogP contribution is 2.26. The molecule has 1 amide bonds. The summed E-state index contributed by atoms with van der Waals surface area (Å²) in [5.41, 5.74) is 7.45. The number of benzene rings is 2. The zero-order chi connectivity index (χ0) is 16.1. The Morgan fingerprint density at radius 1 is 1.13 bits per heavy atom. The minimum atomic E-state index is 0.224. The quantitative estimate of drug-likeness (QED) is 0.676. The summed E-state index contributed by atoms with van der Waals surface area (Å²) in [7, 11) is 0. The number of anilines is 1. The van der Waals surface area contributed by atoms with Crippen molar-refractivity contribution in [3.63, 3.8) is 0 Å². The van der Waals surface area contributed by atoms with Crippen molar-refractivity contribution in [3.05, 3.63) is 60.2 Å². The van der Waals surface area contributed by atoms with Gasteiger partial charge in [0.2, 0.25) is 5.91 Å². The lowest BCUT2D eigenvalue weighted by atomic mass is 10.1. The molecule has 1 aliphatic heterocycles. The van der Waals surface area contributed by atoms with Gasteiger partial charge in [0.15, 0.2) is 0 Å². The van der Waals surface area contributed by atoms with Gasteiger partial charge in [-0.2, -0.15) is 0 Å². The molecule has 0 spiro atoms. The lowest BCUT2D eigenvalue weighted by Crippen LogP contribution is -2.30. The van der Waals surface area contributed by atoms with Gasteiger partial charge in [-0.3, -0.25) is 4.79 Å². The Balaban J connectivity index is 1.47. The van der Waals surface area contributed by atoms with Gasteiger partial charge >= 0.3 is 0 Å². The van der Waals surface area contributed by atoms with Crippen molar-refractivity contribution in [2.45, 2.75) is 17.7 Å². The van der Waals surface area contributed by atoms with Gasteiger partial charge in [-0.1, -0.05) is 30.3 Å². The van der Waals surface area contributed by atoms with Crippen LogP contribution in [0.15, 0.2) is 59.5 Å². The molecule has 120 valence electrons. The maximum atomic E-state index is 12.4. The number of carbonyl (C=O) groups is 1. The predicted octanol–water partition coefficient (Wildman–Crippen LogP) is 3.45. The van der Waals surface area contributed by atoms with Crippen molar-refractivity contribution in [2.24, 2.45) is 5.92 Å². The van der Waals surface area contributed by atoms with Crippen LogP contribution in [0.1, 0.15) is 12.0 Å². The van der Waals surface area contributed by atoms with Crippen LogP contribution in [0, 0.1) is 5.92 Å². The molecule has 0 saturated carbocycles. The van der Waals surface area contributed by atoms with Gasteiger partial charge < -0.3 is 10.6 Å². The van der Waals surface area contributed by atoms with E-state index in [9.17, 15) is 4.79 Å². The molecule has 2 aromatic rings. The summed E-state index contributed by atoms with van der Waals surface area (Å²) in [5, 5.41) is 0. The van der Waals surface area contributed by atoms with E-state index >= 15 is 0 Å². The first-order valence-electron chi connectivity index (χ1n) is 8.01. The minimum Gasteiger partial charge on any atom is -0.399 e. The summed E-state index contributed by atoms with van der Waals surface area (Å²) in [6.07, 6.45) is 1.58. The standard InChI is InChI=1S/C19H22N2OS/c20-17-8-6-15(7-9-17)12-19(22)21-11-10-16(13-21)14-23-18-4-2-1-3-5-18/h1-9,16H,10-14,20H2. The Hall–Kier alpha value is -1.94. The molecule has 1 heterocycles. The van der Waals surface area contributed by atoms with Crippen molar-refractivity contribution in [2.75, 3.05) is 24.6 Å². The molecule has 0 bridgehead atoms. The number of hydrogen-bond acceptors (Lipinski definition) is 3. The van der Waals surface area contributed by atoms with Crippen LogP contribution in [0.5, 0.6) is 0 Å². The van der Waals surface area contributed by atoms with Crippen LogP contribution in [-0.4, -0.2) is 29.6 Å². The van der Waals surface area contributed by atoms with Crippen LogP contribution >= 0.6 is 11.8 Å². The van der Waals surface area contributed by atoms with Gasteiger partial charge in [0.25, 0.3) is 0 Å². The fourth-order valence-corrected chi connectivity index (χ4v) is 3.90. The molecule has 1 unspecified atom stereocenters. The van der Waals surface area contributed by atoms with E-state index in [0.29, 0.717) is 12.3 Å². The molecule has 0 aromatic heterocycles. The number of thioether (sulfide) groups is 1. The molecule has 1 aliphatic rings. The fourth-order valence-electron chi connectivity index (χ4n) is 2.85. The van der Waals surface area contributed by atoms with Crippen molar-refractivity contribution in [1.82, 2.24) is 4.90 Å². The van der Waals surface area contributed by atoms with Gasteiger partial charge in [0, 0.05) is 29.4 Å². The molecule has 1 saturated heterocycles. The molecule has 4 heteroatoms. The van der Waals surface area contributed by atoms with Gasteiger partial charge in [-0.05, 0) is 42.2 Å². The van der Waals surface area contributed by atoms with Crippen LogP contribution in [0.25, 0.3) is 0 Å². The minimum absolute atomic E-state index is 0.224. The molecule has 2 N–H and O–H groups in total. The van der Waals surface area contributed by atoms with E-state index in [-0.39, 0.29) is 5.91 Å². The topological polar surface area (TPSA) is 46.3 Å². The third-order valence-corrected chi connectivity index (χ3v) is 5.45. The number of nitrogens with zero attached hydrogens (tertiary/aromatic N) is 1. The predicted molar refractivity (Wildman–Crippen MR) is 96.4 cm³/mol. The summed E-state index contributed by atoms with van der Waals surface area (Å²) in [6.45, 7) is 1.77. The number of rotatable bonds is 5. The maximum absolute atomic E-state index is 12.4. The summed E-state index contributed by atoms with van der Waals surface area (Å²) >= 11 is 1.89. The number of carbonyl (C=O) groups excluding carboxylic acids is 1. The van der Waals surface area contributed by atoms with E-state index in [0.717, 1.165) is 36.5 Å². The highest BCUT2D eigenvalue weighted by atomic mass is 32.2. The molecule has 3 rings (SSSR count). The second-order valence-corrected chi connectivity index (χ2v) is 7.13. The van der Waals surface area contributed by atoms with Crippen molar-refractivity contribution < 1.29 is 4.79 Å². The molecule has 1 atom stereocenters. The van der Waals surface area contributed by atoms with E-state index in [4.69, 9.17) is 5.73 Å². The highest BCUT2D eigenvalue weighted by molar-refractivity contribution is 7.99. The third-order valence-electron chi connectivity index (χ3n) is 4.20. The maximum Gasteiger partial charge on any atom is 0.226 e. The van der Waals surface area contributed by atoms with Crippen LogP contribution in [0.3, 0.4) is 0 Å². The summed E-state index contributed by atoms with van der Waals surface area (Å²) in [4.78, 5) is 15.7. The van der Waals surface area contributed by atoms with Crippen molar-refractivity contribution >= 4 is 23.4 Å². The first-order chi connectivity index (χ1) is 11.2. The van der Waals surface area contributed by atoms with Gasteiger partial charge in [0.05, 0.1) is 6.42 Å². The highest BCUT2D eigenvalue weighted by Gasteiger charge is 2.26. The summed E-state index contributed by atoms with van der Waals surface area (Å²) in [6, 6.07) is 18.0. The van der Waals surface area contributed by atoms with Gasteiger partial charge in [-0.25, -0.2) is 0 Å². The molecular formula is C19H22N2OS. The molecule has 1 fully saturated rings. The lowest BCUT2D eigenvalue weighted by Gasteiger charge is -2.16. The number of nitrogens with two attached hydrogens (primary N) is 1. The molecule has 3 nitrogen and oxygen atoms in total. The Bertz CT molecular complexity index is 642. The SMILES string of the molecule is Nc1ccc(CC(=O)N2CCC(CSc3ccccc3)C2)cc1. The van der Waals surface area contributed by atoms with Gasteiger partial charge in [-0.15, -0.1) is 11.8 Å². The second-order valence-electron chi connectivity index (χ2n) is 6.04. The molecule has 2 aromatic carbocycles. The first-order valence-corrected chi connectivity index (χ1v) is 8.99. The Morgan fingerprint density at radius 3 is 2.61 bits per heavy atom. The van der Waals surface area contributed by atoms with E-state index < -0.39 is 0 Å². The zero-order valence-corrected chi connectivity index (χ0v) is 14.0. The lowest BCUT2D eigenvalue weighted by molar-refractivity contribution is -0.129. The van der Waals surface area contributed by atoms with E-state index in [1.807, 2.05) is 47.0 Å². The summed E-state index contributed by atoms with van der Waals surface area (Å²) < 4.78 is 0. The zero-order valence-electron chi connectivity index (χ0n) is 13.2. The normalized spacial score (nSPS) is 17.4. The Morgan fingerprint density at radius 2 is 1.87 bits per heavy atom. The number of hydrogen-bond donors (Lipinski definition) is 1. The van der Waals surface area contributed by atoms with Crippen molar-refractivity contribution in [3.8, 4) is 0 Å². The molecule has 0 radical (unpaired) electrons. The second kappa shape index (κ2) is 7.55. The average molecular weight is 326 g/mol. The largest absolute Gasteiger partial charge is 0.399 e. The van der Waals surface area contributed by atoms with Crippen LogP contribution < -0.4 is 5.73 Å². The smallest absolute Gasteiger partial charge is 0.226 e. The number of likely N-dealkylation sites (tertiary alicyclic amines) is 1. The first kappa shape index (κ1) is 15.9. The number of amides is 1. The fraction of sp³-hybridized carbons (Fsp3) is 0.316. The number of nitrogen functional groups attached to an aromatic ring is 1. The third kappa shape index (κ3) is 4.52. The van der Waals surface area contributed by atoms with E-state index in [1.54, 1.807) is 0 Å². The van der Waals surface area contributed by atoms with Crippen LogP contribution in [0.4, 0.5) is 5.69 Å². The Kier molecular flexibility index (Phi) is 5.23. The van der Waals surface area contributed by atoms with Crippen LogP contribution in [-0.2, 0) is 11.2 Å². The van der Waals surface area contributed by atoms with E-state index in [1.165, 1.54) is 4.90 Å². The molecular weight excluding hydrogens is 304 g/mol. The van der Waals surface area contributed by atoms with Crippen LogP contribution in [0.2, 0.25) is 0 Å². The average Bonchev–Trinajstić information content (AvgIpc) is 3.05. The molecule has 23 heavy (non-hydrogen) atoms.